The van der Waals surface area contributed by atoms with Gasteiger partial charge in [0.05, 0.1) is 11.4 Å². The van der Waals surface area contributed by atoms with Gasteiger partial charge in [-0.3, -0.25) is 14.4 Å². The van der Waals surface area contributed by atoms with Crippen LogP contribution >= 0.6 is 0 Å². The highest BCUT2D eigenvalue weighted by atomic mass is 16.6. The van der Waals surface area contributed by atoms with Crippen molar-refractivity contribution in [2.45, 2.75) is 65.3 Å². The van der Waals surface area contributed by atoms with E-state index in [-0.39, 0.29) is 40.8 Å². The lowest BCUT2D eigenvalue weighted by Gasteiger charge is -2.27. The van der Waals surface area contributed by atoms with E-state index in [0.717, 1.165) is 6.08 Å². The fourth-order valence-corrected chi connectivity index (χ4v) is 5.13. The molecule has 1 aliphatic carbocycles. The lowest BCUT2D eigenvalue weighted by atomic mass is 9.86. The Morgan fingerprint density at radius 1 is 1.07 bits per heavy atom. The second-order valence-electron chi connectivity index (χ2n) is 11.7. The Morgan fingerprint density at radius 3 is 2.33 bits per heavy atom. The van der Waals surface area contributed by atoms with Crippen LogP contribution in [0.4, 0.5) is 9.59 Å². The van der Waals surface area contributed by atoms with Crippen molar-refractivity contribution in [2.24, 2.45) is 23.3 Å². The molecule has 0 spiro atoms. The quantitative estimate of drug-likeness (QED) is 0.240. The van der Waals surface area contributed by atoms with Crippen molar-refractivity contribution in [2.75, 3.05) is 34.3 Å². The third-order valence-electron chi connectivity index (χ3n) is 7.60. The number of hydrogen-bond acceptors (Lipinski definition) is 10. The third-order valence-corrected chi connectivity index (χ3v) is 7.60. The molecule has 45 heavy (non-hydrogen) atoms. The predicted molar refractivity (Wildman–Crippen MR) is 168 cm³/mol. The first-order valence-corrected chi connectivity index (χ1v) is 14.9. The number of likely N-dealkylation sites (N-methyl/N-ethyl adjacent to an activating group) is 1. The molecule has 0 aromatic heterocycles. The van der Waals surface area contributed by atoms with Crippen molar-refractivity contribution in [3.05, 3.63) is 58.5 Å². The zero-order valence-electron chi connectivity index (χ0n) is 27.2. The van der Waals surface area contributed by atoms with Crippen molar-refractivity contribution in [1.29, 1.82) is 0 Å². The number of Topliss-reactive ketones (excluding diaryl/α,β-unsaturated/α-hetero) is 1. The van der Waals surface area contributed by atoms with Gasteiger partial charge in [0, 0.05) is 43.3 Å². The minimum Gasteiger partial charge on any atom is -0.446 e. The Morgan fingerprint density at radius 2 is 1.73 bits per heavy atom. The van der Waals surface area contributed by atoms with Gasteiger partial charge in [0.25, 0.3) is 5.91 Å². The standard InChI is InChI=1S/C32H47N5O8/c1-18-11-12-25(44-31(33)41)20(3)16-21(4)29(45-32(34)42)26(43-7)10-8-9-19(2)30(40)36-23-17-24(38)27(22(15-18)28(23)39)35-13-14-37(5)6/h8-10,16-18,20,25-26,29,35H,11-15H2,1-7H3,(H2,33,41)(H2,34,42)(H,36,40)/b10-8-,19-9+,21-16+/t18-,20-,25-,26-,29-/m1/s1. The molecule has 2 bridgehead atoms. The van der Waals surface area contributed by atoms with E-state index in [2.05, 4.69) is 10.6 Å². The van der Waals surface area contributed by atoms with Crippen LogP contribution < -0.4 is 22.1 Å². The van der Waals surface area contributed by atoms with Crippen molar-refractivity contribution in [3.8, 4) is 0 Å². The van der Waals surface area contributed by atoms with Gasteiger partial charge in [0.15, 0.2) is 6.10 Å². The first-order chi connectivity index (χ1) is 21.1. The van der Waals surface area contributed by atoms with Gasteiger partial charge in [-0.2, -0.15) is 0 Å². The van der Waals surface area contributed by atoms with Gasteiger partial charge in [0.1, 0.15) is 12.2 Å². The number of ketones is 2. The summed E-state index contributed by atoms with van der Waals surface area (Å²) in [5.74, 6) is -1.94. The number of hydrogen-bond donors (Lipinski definition) is 4. The average Bonchev–Trinajstić information content (AvgIpc) is 2.95. The molecule has 13 heteroatoms. The summed E-state index contributed by atoms with van der Waals surface area (Å²) in [4.78, 5) is 65.5. The van der Waals surface area contributed by atoms with Crippen LogP contribution in [0.1, 0.15) is 47.0 Å². The molecule has 0 saturated heterocycles. The minimum atomic E-state index is -1.01. The molecule has 2 aliphatic rings. The normalized spacial score (nSPS) is 28.7. The van der Waals surface area contributed by atoms with Crippen molar-refractivity contribution in [3.63, 3.8) is 0 Å². The van der Waals surface area contributed by atoms with Crippen LogP contribution in [0, 0.1) is 11.8 Å². The molecule has 13 nitrogen and oxygen atoms in total. The topological polar surface area (TPSA) is 192 Å². The lowest BCUT2D eigenvalue weighted by molar-refractivity contribution is -0.120. The van der Waals surface area contributed by atoms with E-state index in [1.807, 2.05) is 32.8 Å². The number of nitrogens with zero attached hydrogens (tertiary/aromatic N) is 1. The third kappa shape index (κ3) is 11.3. The molecule has 2 rings (SSSR count). The molecule has 0 radical (unpaired) electrons. The van der Waals surface area contributed by atoms with Gasteiger partial charge in [-0.25, -0.2) is 9.59 Å². The largest absolute Gasteiger partial charge is 0.446 e. The van der Waals surface area contributed by atoms with Gasteiger partial charge >= 0.3 is 12.2 Å². The highest BCUT2D eigenvalue weighted by Gasteiger charge is 2.32. The molecule has 0 aromatic rings. The van der Waals surface area contributed by atoms with Crippen LogP contribution in [-0.4, -0.2) is 87.2 Å². The van der Waals surface area contributed by atoms with Crippen LogP contribution in [0.3, 0.4) is 0 Å². The average molecular weight is 630 g/mol. The van der Waals surface area contributed by atoms with Crippen LogP contribution in [-0.2, 0) is 28.6 Å². The summed E-state index contributed by atoms with van der Waals surface area (Å²) in [7, 11) is 5.22. The second kappa shape index (κ2) is 17.3. The first kappa shape index (κ1) is 37.0. The number of amides is 3. The number of fused-ring (bicyclic) bond motifs is 2. The van der Waals surface area contributed by atoms with Crippen LogP contribution in [0.5, 0.6) is 0 Å². The number of ether oxygens (including phenoxy) is 3. The number of methoxy groups -OCH3 is 1. The number of nitrogens with one attached hydrogen (secondary N) is 2. The fourth-order valence-electron chi connectivity index (χ4n) is 5.13. The van der Waals surface area contributed by atoms with Crippen molar-refractivity contribution < 1.29 is 38.2 Å². The van der Waals surface area contributed by atoms with Gasteiger partial charge in [-0.15, -0.1) is 0 Å². The van der Waals surface area contributed by atoms with Crippen molar-refractivity contribution >= 4 is 29.7 Å². The van der Waals surface area contributed by atoms with Crippen molar-refractivity contribution in [1.82, 2.24) is 15.5 Å². The molecule has 1 heterocycles. The van der Waals surface area contributed by atoms with Gasteiger partial charge in [-0.1, -0.05) is 38.2 Å². The molecule has 1 aliphatic heterocycles. The van der Waals surface area contributed by atoms with E-state index in [1.54, 1.807) is 32.1 Å². The fraction of sp³-hybridized carbons (Fsp3) is 0.531. The summed E-state index contributed by atoms with van der Waals surface area (Å²) in [6.45, 7) is 8.11. The van der Waals surface area contributed by atoms with E-state index >= 15 is 0 Å². The van der Waals surface area contributed by atoms with E-state index in [1.165, 1.54) is 13.2 Å². The van der Waals surface area contributed by atoms with Crippen LogP contribution in [0.15, 0.2) is 58.5 Å². The zero-order chi connectivity index (χ0) is 33.8. The molecule has 248 valence electrons. The predicted octanol–water partition coefficient (Wildman–Crippen LogP) is 2.39. The smallest absolute Gasteiger partial charge is 0.405 e. The first-order valence-electron chi connectivity index (χ1n) is 14.9. The molecular formula is C32H47N5O8. The number of rotatable bonds is 7. The second-order valence-corrected chi connectivity index (χ2v) is 11.7. The number of primary amides is 2. The van der Waals surface area contributed by atoms with Crippen LogP contribution in [0.25, 0.3) is 0 Å². The zero-order valence-corrected chi connectivity index (χ0v) is 27.2. The molecule has 0 saturated carbocycles. The molecule has 0 aromatic carbocycles. The van der Waals surface area contributed by atoms with Gasteiger partial charge in [-0.05, 0) is 58.7 Å². The summed E-state index contributed by atoms with van der Waals surface area (Å²) < 4.78 is 16.4. The van der Waals surface area contributed by atoms with Crippen LogP contribution in [0.2, 0.25) is 0 Å². The van der Waals surface area contributed by atoms with E-state index in [0.29, 0.717) is 31.5 Å². The SMILES string of the molecule is CO[C@@H]1/C=C\C=C(/C)C(=O)NC2=CC(=O)C(NCCN(C)C)=C(C[C@H](C)CC[C@@H](OC(N)=O)[C@H](C)/C=C(\C)[C@H]1OC(N)=O)C2=O. The number of allylic oxidation sites excluding steroid dienone is 4. The monoisotopic (exact) mass is 629 g/mol. The van der Waals surface area contributed by atoms with E-state index < -0.39 is 48.0 Å². The molecule has 0 fully saturated rings. The summed E-state index contributed by atoms with van der Waals surface area (Å²) in [5, 5.41) is 5.70. The Hall–Kier alpha value is -4.23. The highest BCUT2D eigenvalue weighted by molar-refractivity contribution is 6.23. The molecule has 0 unspecified atom stereocenters. The molecule has 6 N–H and O–H groups in total. The van der Waals surface area contributed by atoms with E-state index in [4.69, 9.17) is 25.7 Å². The Balaban J connectivity index is 2.60. The number of carbonyl (C=O) groups is 5. The van der Waals surface area contributed by atoms with Gasteiger partial charge < -0.3 is 41.2 Å². The molecular weight excluding hydrogens is 582 g/mol. The Kier molecular flexibility index (Phi) is 14.2. The summed E-state index contributed by atoms with van der Waals surface area (Å²) >= 11 is 0. The summed E-state index contributed by atoms with van der Waals surface area (Å²) in [6, 6.07) is 0. The molecule has 3 amide bonds. The van der Waals surface area contributed by atoms with Gasteiger partial charge in [0.2, 0.25) is 11.6 Å². The summed E-state index contributed by atoms with van der Waals surface area (Å²) in [6.07, 6.45) is 4.35. The maximum absolute atomic E-state index is 13.7. The number of carbonyl (C=O) groups excluding carboxylic acids is 5. The Bertz CT molecular complexity index is 1300. The maximum atomic E-state index is 13.7. The summed E-state index contributed by atoms with van der Waals surface area (Å²) in [5.41, 5.74) is 12.0. The molecule has 5 atom stereocenters. The number of nitrogens with two attached hydrogens (primary N) is 2. The minimum absolute atomic E-state index is 0.118. The maximum Gasteiger partial charge on any atom is 0.405 e. The highest BCUT2D eigenvalue weighted by Crippen LogP contribution is 2.28. The Labute approximate surface area is 264 Å². The lowest BCUT2D eigenvalue weighted by Crippen LogP contribution is -2.37. The van der Waals surface area contributed by atoms with E-state index in [9.17, 15) is 24.0 Å².